The number of rotatable bonds is 4. The van der Waals surface area contributed by atoms with Crippen molar-refractivity contribution in [1.29, 1.82) is 0 Å². The number of hydrogen-bond acceptors (Lipinski definition) is 2. The van der Waals surface area contributed by atoms with Gasteiger partial charge in [0, 0.05) is 10.6 Å². The number of ether oxygens (including phenoxy) is 1. The fourth-order valence-corrected chi connectivity index (χ4v) is 2.20. The fraction of sp³-hybridized carbons (Fsp3) is 0.278. The number of carbonyl (C=O) groups is 1. The van der Waals surface area contributed by atoms with E-state index >= 15 is 0 Å². The van der Waals surface area contributed by atoms with Gasteiger partial charge in [-0.3, -0.25) is 4.79 Å². The van der Waals surface area contributed by atoms with Crippen molar-refractivity contribution in [3.8, 4) is 5.75 Å². The molecule has 3 heteroatoms. The van der Waals surface area contributed by atoms with Crippen molar-refractivity contribution < 1.29 is 9.53 Å². The van der Waals surface area contributed by atoms with Crippen molar-refractivity contribution in [3.05, 3.63) is 63.7 Å². The molecular weight excluding hydrogens is 284 g/mol. The number of halogens is 1. The molecule has 0 radical (unpaired) electrons. The van der Waals surface area contributed by atoms with E-state index in [0.29, 0.717) is 16.3 Å². The van der Waals surface area contributed by atoms with E-state index in [2.05, 4.69) is 0 Å². The molecule has 0 spiro atoms. The number of hydrogen-bond donors (Lipinski definition) is 0. The lowest BCUT2D eigenvalue weighted by atomic mass is 10.0. The van der Waals surface area contributed by atoms with Gasteiger partial charge in [0.05, 0.1) is 0 Å². The first-order valence-corrected chi connectivity index (χ1v) is 7.30. The summed E-state index contributed by atoms with van der Waals surface area (Å²) in [5.41, 5.74) is 3.89. The van der Waals surface area contributed by atoms with E-state index in [9.17, 15) is 4.79 Å². The van der Waals surface area contributed by atoms with Crippen LogP contribution in [-0.2, 0) is 0 Å². The zero-order valence-electron chi connectivity index (χ0n) is 12.7. The Kier molecular flexibility index (Phi) is 4.69. The molecule has 2 rings (SSSR count). The van der Waals surface area contributed by atoms with Crippen LogP contribution >= 0.6 is 11.6 Å². The number of aryl methyl sites for hydroxylation is 3. The molecule has 0 amide bonds. The molecule has 2 aromatic carbocycles. The Balaban J connectivity index is 2.15. The summed E-state index contributed by atoms with van der Waals surface area (Å²) in [6, 6.07) is 11.1. The molecule has 2 nitrogen and oxygen atoms in total. The van der Waals surface area contributed by atoms with E-state index in [0.717, 1.165) is 11.1 Å². The Morgan fingerprint density at radius 1 is 1.00 bits per heavy atom. The van der Waals surface area contributed by atoms with Crippen molar-refractivity contribution in [2.24, 2.45) is 0 Å². The number of Topliss-reactive ketones (excluding diaryl/α,β-unsaturated/α-hetero) is 1. The SMILES string of the molecule is Cc1ccc(C(=O)C(C)Oc2ccc(Cl)c(C)c2)cc1C. The van der Waals surface area contributed by atoms with Crippen LogP contribution < -0.4 is 4.74 Å². The topological polar surface area (TPSA) is 26.3 Å². The quantitative estimate of drug-likeness (QED) is 0.750. The van der Waals surface area contributed by atoms with Gasteiger partial charge in [0.25, 0.3) is 0 Å². The van der Waals surface area contributed by atoms with E-state index in [4.69, 9.17) is 16.3 Å². The monoisotopic (exact) mass is 302 g/mol. The number of carbonyl (C=O) groups excluding carboxylic acids is 1. The van der Waals surface area contributed by atoms with Crippen LogP contribution in [0.2, 0.25) is 5.02 Å². The van der Waals surface area contributed by atoms with Crippen molar-refractivity contribution in [2.75, 3.05) is 0 Å². The van der Waals surface area contributed by atoms with Gasteiger partial charge in [-0.05, 0) is 68.7 Å². The van der Waals surface area contributed by atoms with Gasteiger partial charge in [-0.1, -0.05) is 23.7 Å². The second-order valence-corrected chi connectivity index (χ2v) is 5.74. The van der Waals surface area contributed by atoms with Crippen LogP contribution in [0, 0.1) is 20.8 Å². The first-order chi connectivity index (χ1) is 9.88. The maximum absolute atomic E-state index is 12.4. The van der Waals surface area contributed by atoms with E-state index in [1.54, 1.807) is 19.1 Å². The minimum absolute atomic E-state index is 0.0225. The predicted octanol–water partition coefficient (Wildman–Crippen LogP) is 4.92. The van der Waals surface area contributed by atoms with E-state index in [1.165, 1.54) is 5.56 Å². The molecule has 0 fully saturated rings. The van der Waals surface area contributed by atoms with Crippen molar-refractivity contribution in [3.63, 3.8) is 0 Å². The summed E-state index contributed by atoms with van der Waals surface area (Å²) in [5.74, 6) is 0.632. The third kappa shape index (κ3) is 3.64. The van der Waals surface area contributed by atoms with Crippen molar-refractivity contribution in [1.82, 2.24) is 0 Å². The van der Waals surface area contributed by atoms with Gasteiger partial charge in [-0.15, -0.1) is 0 Å². The first-order valence-electron chi connectivity index (χ1n) is 6.93. The zero-order valence-corrected chi connectivity index (χ0v) is 13.5. The minimum atomic E-state index is -0.535. The number of benzene rings is 2. The number of ketones is 1. The molecular formula is C18H19ClO2. The largest absolute Gasteiger partial charge is 0.483 e. The lowest BCUT2D eigenvalue weighted by Gasteiger charge is -2.15. The van der Waals surface area contributed by atoms with Gasteiger partial charge in [0.15, 0.2) is 6.10 Å². The summed E-state index contributed by atoms with van der Waals surface area (Å²) in [6.45, 7) is 7.70. The second-order valence-electron chi connectivity index (χ2n) is 5.33. The van der Waals surface area contributed by atoms with Crippen LogP contribution in [0.4, 0.5) is 0 Å². The average molecular weight is 303 g/mol. The van der Waals surface area contributed by atoms with Crippen LogP contribution in [0.5, 0.6) is 5.75 Å². The molecule has 0 saturated heterocycles. The minimum Gasteiger partial charge on any atom is -0.483 e. The summed E-state index contributed by atoms with van der Waals surface area (Å²) >= 11 is 5.99. The Morgan fingerprint density at radius 3 is 2.33 bits per heavy atom. The molecule has 2 aromatic rings. The Bertz CT molecular complexity index is 677. The molecule has 110 valence electrons. The molecule has 0 heterocycles. The average Bonchev–Trinajstić information content (AvgIpc) is 2.45. The van der Waals surface area contributed by atoms with Gasteiger partial charge in [0.2, 0.25) is 5.78 Å². The summed E-state index contributed by atoms with van der Waals surface area (Å²) in [7, 11) is 0. The Hall–Kier alpha value is -1.80. The molecule has 0 saturated carbocycles. The molecule has 0 bridgehead atoms. The molecule has 21 heavy (non-hydrogen) atoms. The summed E-state index contributed by atoms with van der Waals surface area (Å²) in [6.07, 6.45) is -0.535. The van der Waals surface area contributed by atoms with Crippen LogP contribution in [0.1, 0.15) is 34.0 Å². The summed E-state index contributed by atoms with van der Waals surface area (Å²) in [4.78, 5) is 12.4. The third-order valence-corrected chi connectivity index (χ3v) is 4.03. The molecule has 1 unspecified atom stereocenters. The lowest BCUT2D eigenvalue weighted by Crippen LogP contribution is -2.24. The van der Waals surface area contributed by atoms with Crippen molar-refractivity contribution in [2.45, 2.75) is 33.8 Å². The Labute approximate surface area is 130 Å². The maximum atomic E-state index is 12.4. The maximum Gasteiger partial charge on any atom is 0.203 e. The van der Waals surface area contributed by atoms with Gasteiger partial charge >= 0.3 is 0 Å². The van der Waals surface area contributed by atoms with Gasteiger partial charge < -0.3 is 4.74 Å². The van der Waals surface area contributed by atoms with Gasteiger partial charge in [0.1, 0.15) is 5.75 Å². The standard InChI is InChI=1S/C18H19ClO2/c1-11-5-6-15(9-12(11)2)18(20)14(4)21-16-7-8-17(19)13(3)10-16/h5-10,14H,1-4H3. The summed E-state index contributed by atoms with van der Waals surface area (Å²) in [5, 5.41) is 0.690. The lowest BCUT2D eigenvalue weighted by molar-refractivity contribution is 0.0818. The van der Waals surface area contributed by atoms with Crippen LogP contribution in [0.3, 0.4) is 0 Å². The second kappa shape index (κ2) is 6.31. The van der Waals surface area contributed by atoms with Crippen molar-refractivity contribution >= 4 is 17.4 Å². The molecule has 0 N–H and O–H groups in total. The smallest absolute Gasteiger partial charge is 0.203 e. The highest BCUT2D eigenvalue weighted by Crippen LogP contribution is 2.22. The highest BCUT2D eigenvalue weighted by Gasteiger charge is 2.17. The summed E-state index contributed by atoms with van der Waals surface area (Å²) < 4.78 is 5.73. The molecule has 0 aromatic heterocycles. The molecule has 1 atom stereocenters. The van der Waals surface area contributed by atoms with Gasteiger partial charge in [-0.2, -0.15) is 0 Å². The van der Waals surface area contributed by atoms with Crippen LogP contribution in [-0.4, -0.2) is 11.9 Å². The van der Waals surface area contributed by atoms with Crippen LogP contribution in [0.25, 0.3) is 0 Å². The fourth-order valence-electron chi connectivity index (χ4n) is 2.08. The molecule has 0 aliphatic rings. The zero-order chi connectivity index (χ0) is 15.6. The molecule has 0 aliphatic carbocycles. The molecule has 0 aliphatic heterocycles. The van der Waals surface area contributed by atoms with Gasteiger partial charge in [-0.25, -0.2) is 0 Å². The first kappa shape index (κ1) is 15.6. The van der Waals surface area contributed by atoms with E-state index in [-0.39, 0.29) is 5.78 Å². The normalized spacial score (nSPS) is 12.0. The predicted molar refractivity (Wildman–Crippen MR) is 86.5 cm³/mol. The third-order valence-electron chi connectivity index (χ3n) is 3.60. The van der Waals surface area contributed by atoms with E-state index in [1.807, 2.05) is 45.0 Å². The van der Waals surface area contributed by atoms with E-state index < -0.39 is 6.10 Å². The Morgan fingerprint density at radius 2 is 1.71 bits per heavy atom. The highest BCUT2D eigenvalue weighted by molar-refractivity contribution is 6.31. The van der Waals surface area contributed by atoms with Crippen LogP contribution in [0.15, 0.2) is 36.4 Å². The highest BCUT2D eigenvalue weighted by atomic mass is 35.5.